The Kier molecular flexibility index (Phi) is 3.72. The van der Waals surface area contributed by atoms with Gasteiger partial charge in [0, 0.05) is 17.1 Å². The molecule has 1 aromatic carbocycles. The van der Waals surface area contributed by atoms with Crippen LogP contribution in [0.5, 0.6) is 0 Å². The van der Waals surface area contributed by atoms with Crippen molar-refractivity contribution in [2.45, 2.75) is 50.1 Å². The normalized spacial score (nSPS) is 31.1. The van der Waals surface area contributed by atoms with Crippen LogP contribution >= 0.6 is 11.6 Å². The summed E-state index contributed by atoms with van der Waals surface area (Å²) < 4.78 is 0. The van der Waals surface area contributed by atoms with Gasteiger partial charge < -0.3 is 5.32 Å². The lowest BCUT2D eigenvalue weighted by Gasteiger charge is -2.39. The van der Waals surface area contributed by atoms with Crippen molar-refractivity contribution < 1.29 is 0 Å². The van der Waals surface area contributed by atoms with Gasteiger partial charge in [-0.3, -0.25) is 0 Å². The SMILES string of the molecule is Clc1ccc(C2CC(NC3CC=CCC3)C2)cc1. The number of hydrogen-bond donors (Lipinski definition) is 1. The first-order valence-corrected chi connectivity index (χ1v) is 7.35. The number of halogens is 1. The summed E-state index contributed by atoms with van der Waals surface area (Å²) in [6, 6.07) is 9.79. The van der Waals surface area contributed by atoms with E-state index in [1.807, 2.05) is 12.1 Å². The maximum atomic E-state index is 5.92. The van der Waals surface area contributed by atoms with Gasteiger partial charge in [0.2, 0.25) is 0 Å². The maximum Gasteiger partial charge on any atom is 0.0406 e. The maximum absolute atomic E-state index is 5.92. The number of nitrogens with one attached hydrogen (secondary N) is 1. The van der Waals surface area contributed by atoms with Crippen molar-refractivity contribution in [2.75, 3.05) is 0 Å². The molecule has 0 aliphatic heterocycles. The molecule has 18 heavy (non-hydrogen) atoms. The van der Waals surface area contributed by atoms with Gasteiger partial charge in [0.25, 0.3) is 0 Å². The summed E-state index contributed by atoms with van der Waals surface area (Å²) in [7, 11) is 0. The van der Waals surface area contributed by atoms with E-state index in [0.717, 1.165) is 17.0 Å². The van der Waals surface area contributed by atoms with E-state index in [9.17, 15) is 0 Å². The number of allylic oxidation sites excluding steroid dienone is 1. The van der Waals surface area contributed by atoms with Crippen molar-refractivity contribution in [3.05, 3.63) is 47.0 Å². The molecule has 0 radical (unpaired) electrons. The van der Waals surface area contributed by atoms with Crippen molar-refractivity contribution in [3.63, 3.8) is 0 Å². The largest absolute Gasteiger partial charge is 0.311 e. The molecule has 2 heteroatoms. The van der Waals surface area contributed by atoms with Crippen LogP contribution in [-0.4, -0.2) is 12.1 Å². The Morgan fingerprint density at radius 1 is 1.00 bits per heavy atom. The van der Waals surface area contributed by atoms with Crippen LogP contribution in [0, 0.1) is 0 Å². The van der Waals surface area contributed by atoms with Gasteiger partial charge >= 0.3 is 0 Å². The third kappa shape index (κ3) is 2.78. The highest BCUT2D eigenvalue weighted by Crippen LogP contribution is 2.37. The Balaban J connectivity index is 1.48. The molecule has 3 rings (SSSR count). The lowest BCUT2D eigenvalue weighted by Crippen LogP contribution is -2.45. The molecule has 1 atom stereocenters. The summed E-state index contributed by atoms with van der Waals surface area (Å²) in [5.41, 5.74) is 1.45. The molecular weight excluding hydrogens is 242 g/mol. The fourth-order valence-corrected chi connectivity index (χ4v) is 3.17. The molecule has 1 nitrogen and oxygen atoms in total. The Morgan fingerprint density at radius 2 is 1.78 bits per heavy atom. The molecule has 96 valence electrons. The summed E-state index contributed by atoms with van der Waals surface area (Å²) in [5.74, 6) is 0.735. The Labute approximate surface area is 114 Å². The quantitative estimate of drug-likeness (QED) is 0.801. The van der Waals surface area contributed by atoms with E-state index in [2.05, 4.69) is 29.6 Å². The van der Waals surface area contributed by atoms with Crippen LogP contribution in [-0.2, 0) is 0 Å². The number of hydrogen-bond acceptors (Lipinski definition) is 1. The van der Waals surface area contributed by atoms with Gasteiger partial charge in [-0.25, -0.2) is 0 Å². The highest BCUT2D eigenvalue weighted by molar-refractivity contribution is 6.30. The summed E-state index contributed by atoms with van der Waals surface area (Å²) in [6.45, 7) is 0. The van der Waals surface area contributed by atoms with Gasteiger partial charge in [-0.1, -0.05) is 35.9 Å². The zero-order chi connectivity index (χ0) is 12.4. The molecule has 0 spiro atoms. The predicted molar refractivity (Wildman–Crippen MR) is 77.1 cm³/mol. The molecular formula is C16H20ClN. The van der Waals surface area contributed by atoms with Gasteiger partial charge in [0.15, 0.2) is 0 Å². The Morgan fingerprint density at radius 3 is 2.44 bits per heavy atom. The zero-order valence-electron chi connectivity index (χ0n) is 10.6. The molecule has 2 aliphatic rings. The number of benzene rings is 1. The van der Waals surface area contributed by atoms with Crippen molar-refractivity contribution >= 4 is 11.6 Å². The molecule has 1 fully saturated rings. The highest BCUT2D eigenvalue weighted by Gasteiger charge is 2.31. The summed E-state index contributed by atoms with van der Waals surface area (Å²) in [4.78, 5) is 0. The third-order valence-corrected chi connectivity index (χ3v) is 4.47. The van der Waals surface area contributed by atoms with Crippen LogP contribution in [0.2, 0.25) is 5.02 Å². The van der Waals surface area contributed by atoms with Gasteiger partial charge in [-0.2, -0.15) is 0 Å². The lowest BCUT2D eigenvalue weighted by atomic mass is 9.75. The van der Waals surface area contributed by atoms with Crippen molar-refractivity contribution in [3.8, 4) is 0 Å². The second-order valence-corrected chi connectivity index (χ2v) is 6.00. The van der Waals surface area contributed by atoms with Gasteiger partial charge in [0.05, 0.1) is 0 Å². The predicted octanol–water partition coefficient (Wildman–Crippen LogP) is 4.28. The molecule has 0 amide bonds. The van der Waals surface area contributed by atoms with Gasteiger partial charge in [0.1, 0.15) is 0 Å². The second-order valence-electron chi connectivity index (χ2n) is 5.56. The molecule has 1 N–H and O–H groups in total. The van der Waals surface area contributed by atoms with Crippen LogP contribution in [0.3, 0.4) is 0 Å². The van der Waals surface area contributed by atoms with E-state index < -0.39 is 0 Å². The molecule has 0 saturated heterocycles. The molecule has 1 unspecified atom stereocenters. The second kappa shape index (κ2) is 5.46. The van der Waals surface area contributed by atoms with E-state index in [1.165, 1.54) is 37.7 Å². The van der Waals surface area contributed by atoms with Crippen molar-refractivity contribution in [2.24, 2.45) is 0 Å². The van der Waals surface area contributed by atoms with Gasteiger partial charge in [-0.15, -0.1) is 0 Å². The first-order chi connectivity index (χ1) is 8.81. The Hall–Kier alpha value is -0.790. The topological polar surface area (TPSA) is 12.0 Å². The summed E-state index contributed by atoms with van der Waals surface area (Å²) >= 11 is 5.92. The van der Waals surface area contributed by atoms with Crippen LogP contribution in [0.25, 0.3) is 0 Å². The standard InChI is InChI=1S/C16H20ClN/c17-14-8-6-12(7-9-14)13-10-16(11-13)18-15-4-2-1-3-5-15/h1-2,6-9,13,15-16,18H,3-5,10-11H2. The van der Waals surface area contributed by atoms with Crippen LogP contribution in [0.1, 0.15) is 43.6 Å². The van der Waals surface area contributed by atoms with E-state index in [-0.39, 0.29) is 0 Å². The van der Waals surface area contributed by atoms with Crippen molar-refractivity contribution in [1.82, 2.24) is 5.32 Å². The van der Waals surface area contributed by atoms with E-state index in [1.54, 1.807) is 0 Å². The molecule has 0 bridgehead atoms. The van der Waals surface area contributed by atoms with Gasteiger partial charge in [-0.05, 0) is 55.7 Å². The minimum absolute atomic E-state index is 0.714. The van der Waals surface area contributed by atoms with E-state index >= 15 is 0 Å². The smallest absolute Gasteiger partial charge is 0.0406 e. The number of rotatable bonds is 3. The van der Waals surface area contributed by atoms with Crippen molar-refractivity contribution in [1.29, 1.82) is 0 Å². The van der Waals surface area contributed by atoms with E-state index in [4.69, 9.17) is 11.6 Å². The minimum Gasteiger partial charge on any atom is -0.311 e. The minimum atomic E-state index is 0.714. The monoisotopic (exact) mass is 261 g/mol. The molecule has 0 heterocycles. The summed E-state index contributed by atoms with van der Waals surface area (Å²) in [6.07, 6.45) is 10.9. The fraction of sp³-hybridized carbons (Fsp3) is 0.500. The third-order valence-electron chi connectivity index (χ3n) is 4.22. The summed E-state index contributed by atoms with van der Waals surface area (Å²) in [5, 5.41) is 4.62. The average Bonchev–Trinajstić information content (AvgIpc) is 2.36. The molecule has 2 aliphatic carbocycles. The first-order valence-electron chi connectivity index (χ1n) is 6.98. The van der Waals surface area contributed by atoms with E-state index in [0.29, 0.717) is 6.04 Å². The molecule has 1 saturated carbocycles. The lowest BCUT2D eigenvalue weighted by molar-refractivity contribution is 0.257. The molecule has 1 aromatic rings. The molecule has 0 aromatic heterocycles. The zero-order valence-corrected chi connectivity index (χ0v) is 11.4. The van der Waals surface area contributed by atoms with Crippen LogP contribution < -0.4 is 5.32 Å². The highest BCUT2D eigenvalue weighted by atomic mass is 35.5. The van der Waals surface area contributed by atoms with Crippen LogP contribution in [0.15, 0.2) is 36.4 Å². The van der Waals surface area contributed by atoms with Crippen LogP contribution in [0.4, 0.5) is 0 Å². The average molecular weight is 262 g/mol. The Bertz CT molecular complexity index is 417. The first kappa shape index (κ1) is 12.3. The fourth-order valence-electron chi connectivity index (χ4n) is 3.04.